The van der Waals surface area contributed by atoms with Crippen LogP contribution in [0.15, 0.2) is 42.5 Å². The first-order chi connectivity index (χ1) is 14.7. The summed E-state index contributed by atoms with van der Waals surface area (Å²) in [5.41, 5.74) is -1.87. The highest BCUT2D eigenvalue weighted by molar-refractivity contribution is 6.30. The van der Waals surface area contributed by atoms with E-state index in [2.05, 4.69) is 0 Å². The molecule has 0 aromatic heterocycles. The van der Waals surface area contributed by atoms with Gasteiger partial charge in [-0.25, -0.2) is 26.7 Å². The number of benzene rings is 3. The van der Waals surface area contributed by atoms with Gasteiger partial charge in [-0.1, -0.05) is 36.4 Å². The lowest BCUT2D eigenvalue weighted by molar-refractivity contribution is 0.0459. The second-order valence-corrected chi connectivity index (χ2v) is 6.56. The van der Waals surface area contributed by atoms with E-state index in [-0.39, 0.29) is 27.8 Å². The van der Waals surface area contributed by atoms with Crippen LogP contribution in [0.3, 0.4) is 0 Å². The van der Waals surface area contributed by atoms with Gasteiger partial charge in [0.25, 0.3) is 0 Å². The van der Waals surface area contributed by atoms with Gasteiger partial charge >= 0.3 is 5.97 Å². The van der Waals surface area contributed by atoms with Crippen LogP contribution in [0.25, 0.3) is 0 Å². The quantitative estimate of drug-likeness (QED) is 0.207. The van der Waals surface area contributed by atoms with Gasteiger partial charge in [-0.15, -0.1) is 0 Å². The highest BCUT2D eigenvalue weighted by Crippen LogP contribution is 2.30. The monoisotopic (exact) mass is 432 g/mol. The molecule has 0 N–H and O–H groups in total. The molecule has 156 valence electrons. The van der Waals surface area contributed by atoms with Gasteiger partial charge < -0.3 is 4.74 Å². The van der Waals surface area contributed by atoms with E-state index in [0.29, 0.717) is 0 Å². The Labute approximate surface area is 170 Å². The molecule has 4 rings (SSSR count). The fraction of sp³-hybridized carbons (Fsp3) is 0.0455. The lowest BCUT2D eigenvalue weighted by Crippen LogP contribution is -2.24. The number of hydrogen-bond acceptors (Lipinski definition) is 4. The number of halogens is 5. The van der Waals surface area contributed by atoms with Crippen molar-refractivity contribution in [3.05, 3.63) is 105 Å². The van der Waals surface area contributed by atoms with Gasteiger partial charge in [0.2, 0.25) is 5.82 Å². The first kappa shape index (κ1) is 20.4. The largest absolute Gasteiger partial charge is 0.457 e. The third kappa shape index (κ3) is 3.09. The Hall–Kier alpha value is -3.88. The molecule has 0 heterocycles. The van der Waals surface area contributed by atoms with Crippen molar-refractivity contribution in [2.45, 2.75) is 6.61 Å². The molecule has 0 unspecified atom stereocenters. The number of esters is 1. The Morgan fingerprint density at radius 2 is 1.19 bits per heavy atom. The molecule has 0 atom stereocenters. The lowest BCUT2D eigenvalue weighted by Gasteiger charge is -2.19. The Kier molecular flexibility index (Phi) is 4.88. The molecule has 0 bridgehead atoms. The molecular weight excluding hydrogens is 423 g/mol. The zero-order chi connectivity index (χ0) is 22.4. The number of ether oxygens (including phenoxy) is 1. The molecule has 0 fully saturated rings. The number of hydrogen-bond donors (Lipinski definition) is 0. The van der Waals surface area contributed by atoms with E-state index in [1.165, 1.54) is 30.3 Å². The second-order valence-electron chi connectivity index (χ2n) is 6.56. The van der Waals surface area contributed by atoms with Crippen molar-refractivity contribution in [2.24, 2.45) is 0 Å². The fourth-order valence-corrected chi connectivity index (χ4v) is 3.31. The molecule has 1 aliphatic carbocycles. The smallest absolute Gasteiger partial charge is 0.339 e. The van der Waals surface area contributed by atoms with Crippen LogP contribution in [0, 0.1) is 29.1 Å². The van der Waals surface area contributed by atoms with Crippen LogP contribution in [0.2, 0.25) is 0 Å². The highest BCUT2D eigenvalue weighted by atomic mass is 19.2. The summed E-state index contributed by atoms with van der Waals surface area (Å²) in [7, 11) is 0. The molecule has 31 heavy (non-hydrogen) atoms. The zero-order valence-electron chi connectivity index (χ0n) is 15.3. The summed E-state index contributed by atoms with van der Waals surface area (Å²) in [6, 6.07) is 9.72. The maximum absolute atomic E-state index is 13.8. The van der Waals surface area contributed by atoms with Crippen molar-refractivity contribution in [1.82, 2.24) is 0 Å². The van der Waals surface area contributed by atoms with Gasteiger partial charge in [0, 0.05) is 22.3 Å². The third-order valence-corrected chi connectivity index (χ3v) is 4.82. The Bertz CT molecular complexity index is 1270. The molecule has 3 aromatic carbocycles. The molecule has 0 spiro atoms. The summed E-state index contributed by atoms with van der Waals surface area (Å²) in [5, 5.41) is 0. The van der Waals surface area contributed by atoms with Crippen LogP contribution < -0.4 is 0 Å². The van der Waals surface area contributed by atoms with E-state index >= 15 is 0 Å². The summed E-state index contributed by atoms with van der Waals surface area (Å²) in [6.45, 7) is -1.28. The van der Waals surface area contributed by atoms with Gasteiger partial charge in [0.15, 0.2) is 34.8 Å². The SMILES string of the molecule is O=C(OCc1c(F)c(F)c(F)c(F)c1F)c1cccc2c1C(=O)c1ccccc1C2=O. The molecule has 0 radical (unpaired) electrons. The predicted molar refractivity (Wildman–Crippen MR) is 95.1 cm³/mol. The van der Waals surface area contributed by atoms with Crippen LogP contribution in [0.5, 0.6) is 0 Å². The van der Waals surface area contributed by atoms with Crippen LogP contribution in [-0.4, -0.2) is 17.5 Å². The number of ketones is 2. The molecule has 0 saturated carbocycles. The molecule has 0 amide bonds. The molecule has 0 saturated heterocycles. The van der Waals surface area contributed by atoms with Gasteiger partial charge in [0.05, 0.1) is 11.1 Å². The number of carbonyl (C=O) groups excluding carboxylic acids is 3. The lowest BCUT2D eigenvalue weighted by atomic mass is 9.82. The Balaban J connectivity index is 1.70. The van der Waals surface area contributed by atoms with Crippen molar-refractivity contribution >= 4 is 17.5 Å². The van der Waals surface area contributed by atoms with Crippen molar-refractivity contribution in [3.8, 4) is 0 Å². The van der Waals surface area contributed by atoms with E-state index in [4.69, 9.17) is 4.74 Å². The van der Waals surface area contributed by atoms with E-state index in [1.54, 1.807) is 6.07 Å². The molecule has 9 heteroatoms. The highest BCUT2D eigenvalue weighted by Gasteiger charge is 2.33. The van der Waals surface area contributed by atoms with Gasteiger partial charge in [0.1, 0.15) is 6.61 Å². The van der Waals surface area contributed by atoms with Crippen molar-refractivity contribution in [3.63, 3.8) is 0 Å². The average Bonchev–Trinajstić information content (AvgIpc) is 2.79. The molecule has 0 aliphatic heterocycles. The normalized spacial score (nSPS) is 12.4. The number of fused-ring (bicyclic) bond motifs is 2. The zero-order valence-corrected chi connectivity index (χ0v) is 15.3. The van der Waals surface area contributed by atoms with E-state index < -0.39 is 58.8 Å². The van der Waals surface area contributed by atoms with Crippen molar-refractivity contribution in [2.75, 3.05) is 0 Å². The number of rotatable bonds is 3. The summed E-state index contributed by atoms with van der Waals surface area (Å²) in [4.78, 5) is 38.1. The van der Waals surface area contributed by atoms with E-state index in [9.17, 15) is 36.3 Å². The molecule has 3 aromatic rings. The van der Waals surface area contributed by atoms with Crippen LogP contribution in [-0.2, 0) is 11.3 Å². The third-order valence-electron chi connectivity index (χ3n) is 4.82. The van der Waals surface area contributed by atoms with Crippen LogP contribution >= 0.6 is 0 Å². The fourth-order valence-electron chi connectivity index (χ4n) is 3.31. The molecule has 4 nitrogen and oxygen atoms in total. The van der Waals surface area contributed by atoms with Crippen LogP contribution in [0.1, 0.15) is 47.8 Å². The van der Waals surface area contributed by atoms with Crippen molar-refractivity contribution in [1.29, 1.82) is 0 Å². The predicted octanol–water partition coefficient (Wildman–Crippen LogP) is 4.51. The first-order valence-corrected chi connectivity index (χ1v) is 8.73. The molecule has 1 aliphatic rings. The van der Waals surface area contributed by atoms with Gasteiger partial charge in [-0.2, -0.15) is 0 Å². The second kappa shape index (κ2) is 7.42. The maximum atomic E-state index is 13.8. The van der Waals surface area contributed by atoms with Crippen molar-refractivity contribution < 1.29 is 41.1 Å². The summed E-state index contributed by atoms with van der Waals surface area (Å²) in [5.74, 6) is -13.4. The minimum atomic E-state index is -2.34. The minimum absolute atomic E-state index is 0.0556. The maximum Gasteiger partial charge on any atom is 0.339 e. The minimum Gasteiger partial charge on any atom is -0.457 e. The Morgan fingerprint density at radius 1 is 0.677 bits per heavy atom. The van der Waals surface area contributed by atoms with Crippen LogP contribution in [0.4, 0.5) is 22.0 Å². The summed E-state index contributed by atoms with van der Waals surface area (Å²) in [6.07, 6.45) is 0. The number of carbonyl (C=O) groups is 3. The first-order valence-electron chi connectivity index (χ1n) is 8.73. The summed E-state index contributed by atoms with van der Waals surface area (Å²) >= 11 is 0. The topological polar surface area (TPSA) is 60.4 Å². The van der Waals surface area contributed by atoms with Gasteiger partial charge in [-0.3, -0.25) is 9.59 Å². The van der Waals surface area contributed by atoms with E-state index in [0.717, 1.165) is 6.07 Å². The Morgan fingerprint density at radius 3 is 1.81 bits per heavy atom. The average molecular weight is 432 g/mol. The summed E-state index contributed by atoms with van der Waals surface area (Å²) < 4.78 is 72.1. The molecular formula is C22H9F5O4. The van der Waals surface area contributed by atoms with E-state index in [1.807, 2.05) is 0 Å². The van der Waals surface area contributed by atoms with Gasteiger partial charge in [-0.05, 0) is 6.07 Å². The standard InChI is InChI=1S/C22H9F5O4/c23-15-13(16(24)18(26)19(27)17(15)25)8-31-22(30)12-7-3-6-11-14(12)21(29)10-5-2-1-4-9(10)20(11)28/h1-7H,8H2.